The zero-order chi connectivity index (χ0) is 25.8. The van der Waals surface area contributed by atoms with Crippen molar-refractivity contribution in [3.63, 3.8) is 0 Å². The second kappa shape index (κ2) is 13.9. The first kappa shape index (κ1) is 31.3. The fraction of sp³-hybridized carbons (Fsp3) is 0.643. The van der Waals surface area contributed by atoms with Crippen molar-refractivity contribution in [3.05, 3.63) is 42.5 Å². The van der Waals surface area contributed by atoms with Gasteiger partial charge in [0.15, 0.2) is 0 Å². The minimum absolute atomic E-state index is 0. The number of rotatable bonds is 8. The number of carbonyl (C=O) groups is 2. The summed E-state index contributed by atoms with van der Waals surface area (Å²) in [7, 11) is 0. The number of likely N-dealkylation sites (tertiary alicyclic amines) is 1. The number of amides is 2. The zero-order valence-corrected chi connectivity index (χ0v) is 24.3. The number of aliphatic hydroxyl groups excluding tert-OH is 1. The molecule has 11 heteroatoms. The van der Waals surface area contributed by atoms with E-state index in [0.29, 0.717) is 19.4 Å². The Morgan fingerprint density at radius 2 is 1.77 bits per heavy atom. The fourth-order valence-corrected chi connectivity index (χ4v) is 6.39. The fourth-order valence-electron chi connectivity index (χ4n) is 6.39. The maximum absolute atomic E-state index is 13.8. The Balaban J connectivity index is 0.00000210. The molecule has 2 saturated heterocycles. The van der Waals surface area contributed by atoms with Crippen LogP contribution >= 0.6 is 24.8 Å². The number of aromatic nitrogens is 3. The molecule has 1 aliphatic carbocycles. The number of hydrogen-bond donors (Lipinski definition) is 2. The Hall–Kier alpha value is -2.20. The largest absolute Gasteiger partial charge is 0.390 e. The van der Waals surface area contributed by atoms with Crippen LogP contribution in [0.3, 0.4) is 0 Å². The molecule has 2 N–H and O–H groups in total. The third-order valence-electron chi connectivity index (χ3n) is 8.68. The third-order valence-corrected chi connectivity index (χ3v) is 8.68. The van der Waals surface area contributed by atoms with Gasteiger partial charge in [0.25, 0.3) is 0 Å². The van der Waals surface area contributed by atoms with E-state index < -0.39 is 17.7 Å². The maximum Gasteiger partial charge on any atom is 0.248 e. The van der Waals surface area contributed by atoms with Crippen molar-refractivity contribution in [2.24, 2.45) is 5.92 Å². The first-order chi connectivity index (χ1) is 18.0. The van der Waals surface area contributed by atoms with Crippen molar-refractivity contribution in [3.8, 4) is 5.69 Å². The highest BCUT2D eigenvalue weighted by Gasteiger charge is 2.55. The molecule has 1 aromatic carbocycles. The Morgan fingerprint density at radius 1 is 1.08 bits per heavy atom. The summed E-state index contributed by atoms with van der Waals surface area (Å²) < 4.78 is 1.73. The lowest BCUT2D eigenvalue weighted by atomic mass is 9.78. The van der Waals surface area contributed by atoms with Crippen LogP contribution in [0.2, 0.25) is 0 Å². The van der Waals surface area contributed by atoms with Crippen LogP contribution in [0.4, 0.5) is 0 Å². The molecule has 5 rings (SSSR count). The summed E-state index contributed by atoms with van der Waals surface area (Å²) in [6.45, 7) is 4.95. The number of piperidine rings is 1. The predicted octanol–water partition coefficient (Wildman–Crippen LogP) is 3.51. The first-order valence-electron chi connectivity index (χ1n) is 14.0. The number of nitrogens with one attached hydrogen (secondary N) is 1. The van der Waals surface area contributed by atoms with Gasteiger partial charge in [-0.1, -0.05) is 44.7 Å². The molecular formula is C28H42Cl2N6O3. The van der Waals surface area contributed by atoms with E-state index in [2.05, 4.69) is 39.4 Å². The standard InChI is InChI=1S/C28H40N6O3.2ClH/c1-2-3-15-33-26(36)24(25(35)22-7-5-4-6-8-22)31-27(37)28(33)13-16-32(17-14-28)18-21-9-11-23(12-10-21)34-20-29-19-30-34;;/h9-12,19-20,22,24-25,35H,2-8,13-18H2,1H3,(H,31,37);2*1H/t24-,25-;;/m1../s1. The van der Waals surface area contributed by atoms with Crippen LogP contribution in [-0.2, 0) is 16.1 Å². The highest BCUT2D eigenvalue weighted by Crippen LogP contribution is 2.36. The van der Waals surface area contributed by atoms with Crippen LogP contribution < -0.4 is 5.32 Å². The summed E-state index contributed by atoms with van der Waals surface area (Å²) >= 11 is 0. The number of nitrogens with zero attached hydrogens (tertiary/aromatic N) is 5. The summed E-state index contributed by atoms with van der Waals surface area (Å²) in [5.74, 6) is -0.0916. The molecule has 3 aliphatic rings. The smallest absolute Gasteiger partial charge is 0.248 e. The molecule has 2 aliphatic heterocycles. The van der Waals surface area contributed by atoms with Gasteiger partial charge in [0.2, 0.25) is 11.8 Å². The molecule has 1 spiro atoms. The topological polar surface area (TPSA) is 104 Å². The molecule has 3 heterocycles. The Kier molecular flexibility index (Phi) is 11.2. The van der Waals surface area contributed by atoms with Gasteiger partial charge in [0.05, 0.1) is 11.8 Å². The molecule has 216 valence electrons. The molecule has 0 radical (unpaired) electrons. The van der Waals surface area contributed by atoms with E-state index in [-0.39, 0.29) is 42.5 Å². The summed E-state index contributed by atoms with van der Waals surface area (Å²) in [4.78, 5) is 35.6. The molecular weight excluding hydrogens is 539 g/mol. The highest BCUT2D eigenvalue weighted by molar-refractivity contribution is 6.00. The van der Waals surface area contributed by atoms with Crippen LogP contribution in [0.15, 0.2) is 36.9 Å². The average molecular weight is 582 g/mol. The zero-order valence-electron chi connectivity index (χ0n) is 22.7. The molecule has 39 heavy (non-hydrogen) atoms. The Morgan fingerprint density at radius 3 is 2.38 bits per heavy atom. The monoisotopic (exact) mass is 580 g/mol. The van der Waals surface area contributed by atoms with E-state index in [0.717, 1.165) is 63.8 Å². The molecule has 3 fully saturated rings. The molecule has 9 nitrogen and oxygen atoms in total. The average Bonchev–Trinajstić information content (AvgIpc) is 3.48. The van der Waals surface area contributed by atoms with E-state index in [9.17, 15) is 14.7 Å². The maximum atomic E-state index is 13.8. The van der Waals surface area contributed by atoms with Crippen molar-refractivity contribution in [1.82, 2.24) is 29.9 Å². The first-order valence-corrected chi connectivity index (χ1v) is 14.0. The van der Waals surface area contributed by atoms with Gasteiger partial charge in [-0.15, -0.1) is 24.8 Å². The molecule has 0 bridgehead atoms. The second-order valence-electron chi connectivity index (χ2n) is 11.0. The van der Waals surface area contributed by atoms with Crippen molar-refractivity contribution in [2.75, 3.05) is 19.6 Å². The lowest BCUT2D eigenvalue weighted by molar-refractivity contribution is -0.166. The van der Waals surface area contributed by atoms with Crippen LogP contribution in [0.25, 0.3) is 5.69 Å². The number of aliphatic hydroxyl groups is 1. The number of benzene rings is 1. The number of unbranched alkanes of at least 4 members (excludes halogenated alkanes) is 1. The third kappa shape index (κ3) is 6.59. The van der Waals surface area contributed by atoms with Gasteiger partial charge in [-0.25, -0.2) is 9.67 Å². The van der Waals surface area contributed by atoms with Gasteiger partial charge in [-0.05, 0) is 55.7 Å². The minimum Gasteiger partial charge on any atom is -0.390 e. The van der Waals surface area contributed by atoms with Crippen molar-refractivity contribution in [2.45, 2.75) is 88.9 Å². The van der Waals surface area contributed by atoms with Gasteiger partial charge in [-0.2, -0.15) is 5.10 Å². The highest BCUT2D eigenvalue weighted by atomic mass is 35.5. The van der Waals surface area contributed by atoms with E-state index in [1.165, 1.54) is 18.3 Å². The number of halogens is 2. The molecule has 2 atom stereocenters. The van der Waals surface area contributed by atoms with E-state index in [4.69, 9.17) is 0 Å². The van der Waals surface area contributed by atoms with E-state index in [1.807, 2.05) is 17.0 Å². The normalized spacial score (nSPS) is 22.6. The Bertz CT molecular complexity index is 1050. The van der Waals surface area contributed by atoms with Gasteiger partial charge < -0.3 is 15.3 Å². The molecule has 2 aromatic rings. The quantitative estimate of drug-likeness (QED) is 0.495. The number of piperazine rings is 1. The van der Waals surface area contributed by atoms with Gasteiger partial charge in [0.1, 0.15) is 24.2 Å². The van der Waals surface area contributed by atoms with Crippen molar-refractivity contribution < 1.29 is 14.7 Å². The van der Waals surface area contributed by atoms with Gasteiger partial charge in [-0.3, -0.25) is 14.5 Å². The van der Waals surface area contributed by atoms with Gasteiger partial charge >= 0.3 is 0 Å². The van der Waals surface area contributed by atoms with Crippen molar-refractivity contribution >= 4 is 36.6 Å². The molecule has 2 amide bonds. The van der Waals surface area contributed by atoms with Crippen LogP contribution in [0.5, 0.6) is 0 Å². The van der Waals surface area contributed by atoms with E-state index >= 15 is 0 Å². The molecule has 1 aromatic heterocycles. The van der Waals surface area contributed by atoms with Crippen LogP contribution in [0.1, 0.15) is 70.3 Å². The van der Waals surface area contributed by atoms with Crippen molar-refractivity contribution in [1.29, 1.82) is 0 Å². The lowest BCUT2D eigenvalue weighted by Gasteiger charge is -2.52. The minimum atomic E-state index is -0.820. The Labute approximate surface area is 243 Å². The SMILES string of the molecule is CCCCN1C(=O)[C@@H]([C@H](O)C2CCCCC2)NC(=O)C12CCN(Cc1ccc(-n3cncn3)cc1)CC2.Cl.Cl. The molecule has 0 unspecified atom stereocenters. The predicted molar refractivity (Wildman–Crippen MR) is 154 cm³/mol. The summed E-state index contributed by atoms with van der Waals surface area (Å²) in [6.07, 6.45) is 10.6. The van der Waals surface area contributed by atoms with E-state index in [1.54, 1.807) is 11.0 Å². The number of carbonyl (C=O) groups excluding carboxylic acids is 2. The van der Waals surface area contributed by atoms with Crippen LogP contribution in [-0.4, -0.2) is 78.8 Å². The lowest BCUT2D eigenvalue weighted by Crippen LogP contribution is -2.75. The summed E-state index contributed by atoms with van der Waals surface area (Å²) in [6, 6.07) is 7.45. The summed E-state index contributed by atoms with van der Waals surface area (Å²) in [5, 5.41) is 18.3. The van der Waals surface area contributed by atoms with Gasteiger partial charge in [0, 0.05) is 26.2 Å². The summed E-state index contributed by atoms with van der Waals surface area (Å²) in [5.41, 5.74) is 1.35. The van der Waals surface area contributed by atoms with Crippen LogP contribution in [0, 0.1) is 5.92 Å². The second-order valence-corrected chi connectivity index (χ2v) is 11.0. The number of hydrogen-bond acceptors (Lipinski definition) is 6. The molecule has 1 saturated carbocycles.